The number of aryl methyl sites for hydroxylation is 2. The summed E-state index contributed by atoms with van der Waals surface area (Å²) in [4.78, 5) is 14.7. The number of nitrogens with one attached hydrogen (secondary N) is 1. The van der Waals surface area contributed by atoms with E-state index in [2.05, 4.69) is 24.4 Å². The van der Waals surface area contributed by atoms with Crippen molar-refractivity contribution < 1.29 is 13.2 Å². The lowest BCUT2D eigenvalue weighted by Crippen LogP contribution is -2.23. The van der Waals surface area contributed by atoms with Gasteiger partial charge < -0.3 is 5.32 Å². The van der Waals surface area contributed by atoms with Crippen molar-refractivity contribution in [2.45, 2.75) is 31.9 Å². The second-order valence-corrected chi connectivity index (χ2v) is 9.71. The molecule has 2 rings (SSSR count). The molecule has 1 aromatic heterocycles. The maximum atomic E-state index is 12.1. The van der Waals surface area contributed by atoms with Crippen LogP contribution >= 0.6 is 11.3 Å². The Kier molecular flexibility index (Phi) is 6.75. The average molecular weight is 381 g/mol. The van der Waals surface area contributed by atoms with E-state index in [1.807, 2.05) is 0 Å². The van der Waals surface area contributed by atoms with E-state index in [4.69, 9.17) is 0 Å². The fourth-order valence-electron chi connectivity index (χ4n) is 2.34. The number of benzene rings is 1. The molecule has 0 saturated carbocycles. The van der Waals surface area contributed by atoms with Crippen molar-refractivity contribution in [2.75, 3.05) is 19.4 Å². The molecule has 25 heavy (non-hydrogen) atoms. The van der Waals surface area contributed by atoms with Crippen molar-refractivity contribution in [3.63, 3.8) is 0 Å². The molecule has 0 atom stereocenters. The van der Waals surface area contributed by atoms with Gasteiger partial charge in [0.2, 0.25) is 15.9 Å². The van der Waals surface area contributed by atoms with Crippen LogP contribution in [0, 0.1) is 6.92 Å². The summed E-state index contributed by atoms with van der Waals surface area (Å²) >= 11 is 1.76. The van der Waals surface area contributed by atoms with Gasteiger partial charge in [-0.15, -0.1) is 11.3 Å². The summed E-state index contributed by atoms with van der Waals surface area (Å²) in [5.41, 5.74) is 1.28. The maximum Gasteiger partial charge on any atom is 0.224 e. The summed E-state index contributed by atoms with van der Waals surface area (Å²) in [6.45, 7) is 2.07. The average Bonchev–Trinajstić information content (AvgIpc) is 2.92. The van der Waals surface area contributed by atoms with Crippen LogP contribution in [0.1, 0.15) is 28.2 Å². The van der Waals surface area contributed by atoms with Crippen molar-refractivity contribution in [1.29, 1.82) is 0 Å². The minimum absolute atomic E-state index is 0.0547. The van der Waals surface area contributed by atoms with Crippen molar-refractivity contribution in [2.24, 2.45) is 0 Å². The Hall–Kier alpha value is -1.70. The maximum absolute atomic E-state index is 12.1. The van der Waals surface area contributed by atoms with Gasteiger partial charge in [0.1, 0.15) is 0 Å². The third kappa shape index (κ3) is 6.26. The van der Waals surface area contributed by atoms with Crippen LogP contribution in [-0.4, -0.2) is 32.7 Å². The number of sulfonamides is 1. The van der Waals surface area contributed by atoms with E-state index in [1.54, 1.807) is 35.6 Å². The topological polar surface area (TPSA) is 66.5 Å². The van der Waals surface area contributed by atoms with E-state index in [9.17, 15) is 13.2 Å². The van der Waals surface area contributed by atoms with Gasteiger partial charge in [-0.2, -0.15) is 0 Å². The SMILES string of the molecule is Cc1ccc(CCCC(=O)Nc2cccc(CS(=O)(=O)N(C)C)c2)s1. The predicted molar refractivity (Wildman–Crippen MR) is 103 cm³/mol. The normalized spacial score (nSPS) is 11.7. The Bertz CT molecular complexity index is 826. The molecule has 2 aromatic rings. The first-order chi connectivity index (χ1) is 11.8. The number of carbonyl (C=O) groups excluding carboxylic acids is 1. The largest absolute Gasteiger partial charge is 0.326 e. The van der Waals surface area contributed by atoms with Crippen LogP contribution in [0.15, 0.2) is 36.4 Å². The lowest BCUT2D eigenvalue weighted by Gasteiger charge is -2.12. The van der Waals surface area contributed by atoms with Gasteiger partial charge in [0.05, 0.1) is 5.75 Å². The zero-order valence-corrected chi connectivity index (χ0v) is 16.4. The van der Waals surface area contributed by atoms with Gasteiger partial charge in [-0.1, -0.05) is 12.1 Å². The van der Waals surface area contributed by atoms with Gasteiger partial charge in [-0.3, -0.25) is 4.79 Å². The lowest BCUT2D eigenvalue weighted by molar-refractivity contribution is -0.116. The lowest BCUT2D eigenvalue weighted by atomic mass is 10.2. The molecule has 1 aromatic carbocycles. The predicted octanol–water partition coefficient (Wildman–Crippen LogP) is 3.41. The van der Waals surface area contributed by atoms with Crippen LogP contribution < -0.4 is 5.32 Å². The van der Waals surface area contributed by atoms with Crippen molar-refractivity contribution in [3.8, 4) is 0 Å². The van der Waals surface area contributed by atoms with Gasteiger partial charge in [0, 0.05) is 36.0 Å². The van der Waals surface area contributed by atoms with Crippen LogP contribution in [0.25, 0.3) is 0 Å². The summed E-state index contributed by atoms with van der Waals surface area (Å²) in [6.07, 6.45) is 2.13. The molecule has 0 fully saturated rings. The first-order valence-electron chi connectivity index (χ1n) is 8.10. The van der Waals surface area contributed by atoms with E-state index < -0.39 is 10.0 Å². The molecule has 5 nitrogen and oxygen atoms in total. The third-order valence-electron chi connectivity index (χ3n) is 3.74. The van der Waals surface area contributed by atoms with Crippen LogP contribution in [0.2, 0.25) is 0 Å². The molecular weight excluding hydrogens is 356 g/mol. The number of hydrogen-bond donors (Lipinski definition) is 1. The molecule has 136 valence electrons. The van der Waals surface area contributed by atoms with Gasteiger partial charge in [-0.05, 0) is 49.6 Å². The summed E-state index contributed by atoms with van der Waals surface area (Å²) in [6, 6.07) is 11.2. The number of nitrogens with zero attached hydrogens (tertiary/aromatic N) is 1. The number of anilines is 1. The van der Waals surface area contributed by atoms with Crippen molar-refractivity contribution in [3.05, 3.63) is 51.7 Å². The van der Waals surface area contributed by atoms with E-state index in [0.29, 0.717) is 17.7 Å². The van der Waals surface area contributed by atoms with Crippen molar-refractivity contribution >= 4 is 33.0 Å². The molecule has 0 aliphatic rings. The fraction of sp³-hybridized carbons (Fsp3) is 0.389. The molecule has 1 heterocycles. The van der Waals surface area contributed by atoms with Crippen LogP contribution in [0.4, 0.5) is 5.69 Å². The summed E-state index contributed by atoms with van der Waals surface area (Å²) in [5.74, 6) is -0.137. The first-order valence-corrected chi connectivity index (χ1v) is 10.5. The Morgan fingerprint density at radius 3 is 2.60 bits per heavy atom. The number of hydrogen-bond acceptors (Lipinski definition) is 4. The fourth-order valence-corrected chi connectivity index (χ4v) is 4.14. The minimum Gasteiger partial charge on any atom is -0.326 e. The molecule has 0 bridgehead atoms. The summed E-state index contributed by atoms with van der Waals surface area (Å²) < 4.78 is 25.1. The Balaban J connectivity index is 1.87. The highest BCUT2D eigenvalue weighted by Crippen LogP contribution is 2.18. The molecule has 1 amide bonds. The van der Waals surface area contributed by atoms with E-state index in [1.165, 1.54) is 28.2 Å². The smallest absolute Gasteiger partial charge is 0.224 e. The van der Waals surface area contributed by atoms with E-state index >= 15 is 0 Å². The Morgan fingerprint density at radius 1 is 1.20 bits per heavy atom. The zero-order valence-electron chi connectivity index (χ0n) is 14.8. The van der Waals surface area contributed by atoms with Gasteiger partial charge >= 0.3 is 0 Å². The standard InChI is InChI=1S/C18H24N2O3S2/c1-14-10-11-17(24-14)8-5-9-18(21)19-16-7-4-6-15(12-16)13-25(22,23)20(2)3/h4,6-7,10-12H,5,8-9,13H2,1-3H3,(H,19,21). The first kappa shape index (κ1) is 19.6. The highest BCUT2D eigenvalue weighted by Gasteiger charge is 2.15. The monoisotopic (exact) mass is 380 g/mol. The van der Waals surface area contributed by atoms with E-state index in [0.717, 1.165) is 12.8 Å². The molecule has 0 radical (unpaired) electrons. The van der Waals surface area contributed by atoms with Crippen LogP contribution in [0.5, 0.6) is 0 Å². The molecule has 0 aliphatic heterocycles. The Labute approximate surface area is 153 Å². The summed E-state index contributed by atoms with van der Waals surface area (Å²) in [7, 11) is -0.298. The Morgan fingerprint density at radius 2 is 1.96 bits per heavy atom. The van der Waals surface area contributed by atoms with Crippen molar-refractivity contribution in [1.82, 2.24) is 4.31 Å². The highest BCUT2D eigenvalue weighted by atomic mass is 32.2. The van der Waals surface area contributed by atoms with Crippen LogP contribution in [0.3, 0.4) is 0 Å². The van der Waals surface area contributed by atoms with Gasteiger partial charge in [-0.25, -0.2) is 12.7 Å². The van der Waals surface area contributed by atoms with Gasteiger partial charge in [0.15, 0.2) is 0 Å². The molecule has 0 spiro atoms. The summed E-state index contributed by atoms with van der Waals surface area (Å²) in [5, 5.41) is 2.84. The molecular formula is C18H24N2O3S2. The number of thiophene rings is 1. The molecule has 0 saturated heterocycles. The second-order valence-electron chi connectivity index (χ2n) is 6.15. The molecule has 0 aliphatic carbocycles. The van der Waals surface area contributed by atoms with Crippen LogP contribution in [-0.2, 0) is 27.0 Å². The van der Waals surface area contributed by atoms with E-state index in [-0.39, 0.29) is 11.7 Å². The zero-order chi connectivity index (χ0) is 18.4. The molecule has 7 heteroatoms. The third-order valence-corrected chi connectivity index (χ3v) is 6.61. The number of carbonyl (C=O) groups is 1. The quantitative estimate of drug-likeness (QED) is 0.763. The number of amides is 1. The second kappa shape index (κ2) is 8.60. The number of rotatable bonds is 8. The molecule has 1 N–H and O–H groups in total. The highest BCUT2D eigenvalue weighted by molar-refractivity contribution is 7.88. The van der Waals surface area contributed by atoms with Gasteiger partial charge in [0.25, 0.3) is 0 Å². The minimum atomic E-state index is -3.32. The molecule has 0 unspecified atom stereocenters.